The van der Waals surface area contributed by atoms with E-state index in [-0.39, 0.29) is 42.1 Å². The Morgan fingerprint density at radius 3 is 2.33 bits per heavy atom. The van der Waals surface area contributed by atoms with E-state index in [0.717, 1.165) is 5.75 Å². The van der Waals surface area contributed by atoms with E-state index in [2.05, 4.69) is 16.0 Å². The molecule has 1 fully saturated rings. The molecule has 9 nitrogen and oxygen atoms in total. The highest BCUT2D eigenvalue weighted by Crippen LogP contribution is 2.21. The van der Waals surface area contributed by atoms with Crippen molar-refractivity contribution in [2.24, 2.45) is 17.8 Å². The number of fused-ring (bicyclic) bond motifs is 7. The molecule has 4 atom stereocenters. The molecule has 0 spiro atoms. The SMILES string of the molecule is C/C=C1\NC(=O)[C@H]2CCSCC/C=C/[C@H](CC(=O)C[C@H](C(C)C)C(=O)N2)OC(=O)[C@H](C(C)C)NC1=O. The fraction of sp³-hybridized carbons (Fsp3) is 0.654. The van der Waals surface area contributed by atoms with Gasteiger partial charge >= 0.3 is 5.97 Å². The number of hydrogen-bond acceptors (Lipinski definition) is 7. The lowest BCUT2D eigenvalue weighted by atomic mass is 9.88. The van der Waals surface area contributed by atoms with Crippen molar-refractivity contribution < 1.29 is 28.7 Å². The molecule has 10 heteroatoms. The molecule has 2 heterocycles. The first kappa shape index (κ1) is 29.6. The highest BCUT2D eigenvalue weighted by Gasteiger charge is 2.33. The maximum Gasteiger partial charge on any atom is 0.329 e. The molecular weight excluding hydrogens is 482 g/mol. The van der Waals surface area contributed by atoms with Crippen molar-refractivity contribution in [3.05, 3.63) is 23.9 Å². The maximum absolute atomic E-state index is 13.2. The Balaban J connectivity index is 2.55. The number of rotatable bonds is 2. The van der Waals surface area contributed by atoms with Gasteiger partial charge in [0.25, 0.3) is 5.91 Å². The van der Waals surface area contributed by atoms with Crippen molar-refractivity contribution in [2.45, 2.75) is 78.5 Å². The zero-order valence-corrected chi connectivity index (χ0v) is 22.6. The molecule has 0 aliphatic carbocycles. The van der Waals surface area contributed by atoms with Crippen LogP contribution in [0.1, 0.15) is 60.3 Å². The van der Waals surface area contributed by atoms with Gasteiger partial charge in [0.15, 0.2) is 0 Å². The first-order chi connectivity index (χ1) is 17.0. The van der Waals surface area contributed by atoms with E-state index in [0.29, 0.717) is 18.6 Å². The van der Waals surface area contributed by atoms with Crippen LogP contribution in [-0.4, -0.2) is 59.2 Å². The maximum atomic E-state index is 13.2. The van der Waals surface area contributed by atoms with Gasteiger partial charge in [-0.1, -0.05) is 39.8 Å². The van der Waals surface area contributed by atoms with Crippen LogP contribution in [0.15, 0.2) is 23.9 Å². The number of esters is 1. The Kier molecular flexibility index (Phi) is 11.7. The van der Waals surface area contributed by atoms with Crippen molar-refractivity contribution >= 4 is 41.2 Å². The number of hydrogen-bond donors (Lipinski definition) is 3. The average Bonchev–Trinajstić information content (AvgIpc) is 2.81. The minimum atomic E-state index is -0.978. The average molecular weight is 522 g/mol. The molecular formula is C26H39N3O6S. The van der Waals surface area contributed by atoms with E-state index in [1.54, 1.807) is 38.6 Å². The van der Waals surface area contributed by atoms with E-state index < -0.39 is 41.9 Å². The first-order valence-electron chi connectivity index (χ1n) is 12.6. The van der Waals surface area contributed by atoms with Crippen molar-refractivity contribution in [1.29, 1.82) is 0 Å². The van der Waals surface area contributed by atoms with Crippen molar-refractivity contribution in [2.75, 3.05) is 11.5 Å². The van der Waals surface area contributed by atoms with E-state index in [4.69, 9.17) is 4.74 Å². The molecule has 0 aromatic carbocycles. The van der Waals surface area contributed by atoms with Gasteiger partial charge in [-0.3, -0.25) is 19.2 Å². The third-order valence-electron chi connectivity index (χ3n) is 6.25. The number of carbonyl (C=O) groups excluding carboxylic acids is 5. The lowest BCUT2D eigenvalue weighted by Crippen LogP contribution is -2.52. The summed E-state index contributed by atoms with van der Waals surface area (Å²) in [5.41, 5.74) is -0.0196. The Hall–Kier alpha value is -2.62. The number of carbonyl (C=O) groups is 5. The first-order valence-corrected chi connectivity index (χ1v) is 13.7. The van der Waals surface area contributed by atoms with Gasteiger partial charge in [-0.25, -0.2) is 4.79 Å². The summed E-state index contributed by atoms with van der Waals surface area (Å²) >= 11 is 1.63. The molecule has 3 N–H and O–H groups in total. The van der Waals surface area contributed by atoms with Crippen LogP contribution in [0.3, 0.4) is 0 Å². The van der Waals surface area contributed by atoms with Crippen LogP contribution in [0.2, 0.25) is 0 Å². The van der Waals surface area contributed by atoms with Gasteiger partial charge < -0.3 is 20.7 Å². The lowest BCUT2D eigenvalue weighted by molar-refractivity contribution is -0.153. The summed E-state index contributed by atoms with van der Waals surface area (Å²) in [5, 5.41) is 8.08. The lowest BCUT2D eigenvalue weighted by Gasteiger charge is -2.27. The summed E-state index contributed by atoms with van der Waals surface area (Å²) in [6, 6.07) is -1.86. The van der Waals surface area contributed by atoms with Crippen molar-refractivity contribution in [3.63, 3.8) is 0 Å². The molecule has 0 aromatic rings. The monoisotopic (exact) mass is 521 g/mol. The van der Waals surface area contributed by atoms with Crippen molar-refractivity contribution in [3.8, 4) is 0 Å². The molecule has 2 bridgehead atoms. The van der Waals surface area contributed by atoms with Gasteiger partial charge in [-0.05, 0) is 49.2 Å². The molecule has 200 valence electrons. The number of allylic oxidation sites excluding steroid dienone is 2. The molecule has 2 aliphatic rings. The number of ketones is 1. The predicted octanol–water partition coefficient (Wildman–Crippen LogP) is 2.26. The molecule has 2 rings (SSSR count). The molecule has 0 unspecified atom stereocenters. The summed E-state index contributed by atoms with van der Waals surface area (Å²) in [4.78, 5) is 65.4. The Bertz CT molecular complexity index is 898. The fourth-order valence-corrected chi connectivity index (χ4v) is 4.91. The second kappa shape index (κ2) is 14.2. The van der Waals surface area contributed by atoms with Gasteiger partial charge in [0.2, 0.25) is 11.8 Å². The Morgan fingerprint density at radius 1 is 0.972 bits per heavy atom. The van der Waals surface area contributed by atoms with Gasteiger partial charge in [0, 0.05) is 18.8 Å². The third-order valence-corrected chi connectivity index (χ3v) is 7.30. The Morgan fingerprint density at radius 2 is 1.69 bits per heavy atom. The van der Waals surface area contributed by atoms with E-state index >= 15 is 0 Å². The van der Waals surface area contributed by atoms with Crippen LogP contribution in [0.25, 0.3) is 0 Å². The summed E-state index contributed by atoms with van der Waals surface area (Å²) in [7, 11) is 0. The minimum absolute atomic E-state index is 0.0196. The second-order valence-electron chi connectivity index (χ2n) is 9.84. The summed E-state index contributed by atoms with van der Waals surface area (Å²) in [6.45, 7) is 8.84. The van der Waals surface area contributed by atoms with Crippen molar-refractivity contribution in [1.82, 2.24) is 16.0 Å². The molecule has 0 radical (unpaired) electrons. The van der Waals surface area contributed by atoms with E-state index in [9.17, 15) is 24.0 Å². The van der Waals surface area contributed by atoms with E-state index in [1.807, 2.05) is 19.9 Å². The molecule has 0 aromatic heterocycles. The zero-order chi connectivity index (χ0) is 26.8. The van der Waals surface area contributed by atoms with Crippen LogP contribution >= 0.6 is 11.8 Å². The topological polar surface area (TPSA) is 131 Å². The summed E-state index contributed by atoms with van der Waals surface area (Å²) < 4.78 is 5.70. The largest absolute Gasteiger partial charge is 0.456 e. The Labute approximate surface area is 217 Å². The fourth-order valence-electron chi connectivity index (χ4n) is 4.00. The van der Waals surface area contributed by atoms with Gasteiger partial charge in [0.05, 0.1) is 0 Å². The highest BCUT2D eigenvalue weighted by atomic mass is 32.2. The quantitative estimate of drug-likeness (QED) is 0.289. The van der Waals surface area contributed by atoms with Crippen LogP contribution < -0.4 is 16.0 Å². The molecule has 3 amide bonds. The molecule has 36 heavy (non-hydrogen) atoms. The summed E-state index contributed by atoms with van der Waals surface area (Å²) in [5.74, 6) is -2.16. The normalized spacial score (nSPS) is 29.9. The number of nitrogens with one attached hydrogen (secondary N) is 3. The predicted molar refractivity (Wildman–Crippen MR) is 139 cm³/mol. The molecule has 2 aliphatic heterocycles. The van der Waals surface area contributed by atoms with Gasteiger partial charge in [-0.15, -0.1) is 0 Å². The van der Waals surface area contributed by atoms with Crippen LogP contribution in [0.5, 0.6) is 0 Å². The second-order valence-corrected chi connectivity index (χ2v) is 11.1. The number of Topliss-reactive ketones (excluding diaryl/α,β-unsaturated/α-hetero) is 1. The number of ether oxygens (including phenoxy) is 1. The van der Waals surface area contributed by atoms with E-state index in [1.165, 1.54) is 6.08 Å². The molecule has 0 saturated carbocycles. The van der Waals surface area contributed by atoms with Crippen LogP contribution in [-0.2, 0) is 28.7 Å². The summed E-state index contributed by atoms with van der Waals surface area (Å²) in [6.07, 6.45) is 5.18. The standard InChI is InChI=1S/C26H39N3O6S/c1-6-20-24(32)29-22(16(4)5)26(34)35-18-9-7-8-11-36-12-10-21(25(33)27-20)28-23(31)19(15(2)3)14-17(30)13-18/h6-7,9,15-16,18-19,21-22H,8,10-14H2,1-5H3,(H,27,33)(H,28,31)(H,29,32)/b9-7+,20-6-/t18-,19-,21-,22+/m1/s1. The third kappa shape index (κ3) is 8.80. The molecule has 1 saturated heterocycles. The van der Waals surface area contributed by atoms with Gasteiger partial charge in [0.1, 0.15) is 29.7 Å². The zero-order valence-electron chi connectivity index (χ0n) is 21.8. The van der Waals surface area contributed by atoms with Crippen LogP contribution in [0, 0.1) is 17.8 Å². The highest BCUT2D eigenvalue weighted by molar-refractivity contribution is 7.99. The minimum Gasteiger partial charge on any atom is -0.456 e. The number of thioether (sulfide) groups is 1. The smallest absolute Gasteiger partial charge is 0.329 e. The van der Waals surface area contributed by atoms with Gasteiger partial charge in [-0.2, -0.15) is 11.8 Å². The number of amides is 3. The van der Waals surface area contributed by atoms with Crippen LogP contribution in [0.4, 0.5) is 0 Å².